The van der Waals surface area contributed by atoms with Crippen molar-refractivity contribution >= 4 is 21.8 Å². The second-order valence-electron chi connectivity index (χ2n) is 4.34. The van der Waals surface area contributed by atoms with E-state index in [-0.39, 0.29) is 5.91 Å². The third-order valence-corrected chi connectivity index (χ3v) is 3.74. The minimum atomic E-state index is 0.00651. The molecule has 0 aromatic heterocycles. The molecule has 1 aromatic rings. The van der Waals surface area contributed by atoms with Crippen LogP contribution in [0, 0.1) is 5.92 Å². The number of hydrogen-bond acceptors (Lipinski definition) is 1. The molecule has 17 heavy (non-hydrogen) atoms. The summed E-state index contributed by atoms with van der Waals surface area (Å²) in [5.74, 6) is 0.596. The molecule has 1 amide bonds. The molecule has 1 N–H and O–H groups in total. The van der Waals surface area contributed by atoms with E-state index in [2.05, 4.69) is 33.4 Å². The molecule has 0 bridgehead atoms. The Morgan fingerprint density at radius 1 is 1.35 bits per heavy atom. The summed E-state index contributed by atoms with van der Waals surface area (Å²) in [6.45, 7) is 0.768. The Kier molecular flexibility index (Phi) is 4.37. The van der Waals surface area contributed by atoms with Gasteiger partial charge in [-0.2, -0.15) is 0 Å². The van der Waals surface area contributed by atoms with Crippen molar-refractivity contribution in [2.24, 2.45) is 5.92 Å². The van der Waals surface area contributed by atoms with Gasteiger partial charge in [-0.15, -0.1) is 0 Å². The van der Waals surface area contributed by atoms with E-state index in [4.69, 9.17) is 0 Å². The van der Waals surface area contributed by atoms with Gasteiger partial charge in [0.1, 0.15) is 0 Å². The van der Waals surface area contributed by atoms with Crippen LogP contribution in [0.5, 0.6) is 0 Å². The summed E-state index contributed by atoms with van der Waals surface area (Å²) in [7, 11) is 0. The fourth-order valence-electron chi connectivity index (χ4n) is 2.02. The number of nitrogens with one attached hydrogen (secondary N) is 1. The molecule has 90 valence electrons. The van der Waals surface area contributed by atoms with Crippen LogP contribution in [0.2, 0.25) is 0 Å². The SMILES string of the molecule is O=C(NCC1CC=CCC1)c1ccccc1Br. The summed E-state index contributed by atoms with van der Waals surface area (Å²) < 4.78 is 0.848. The van der Waals surface area contributed by atoms with Crippen molar-refractivity contribution in [3.63, 3.8) is 0 Å². The Morgan fingerprint density at radius 2 is 2.18 bits per heavy atom. The van der Waals surface area contributed by atoms with Crippen LogP contribution in [-0.4, -0.2) is 12.5 Å². The van der Waals surface area contributed by atoms with Gasteiger partial charge in [-0.25, -0.2) is 0 Å². The normalized spacial score (nSPS) is 19.0. The van der Waals surface area contributed by atoms with Gasteiger partial charge in [-0.1, -0.05) is 24.3 Å². The predicted molar refractivity (Wildman–Crippen MR) is 73.0 cm³/mol. The highest BCUT2D eigenvalue weighted by Gasteiger charge is 2.13. The lowest BCUT2D eigenvalue weighted by Gasteiger charge is -2.18. The van der Waals surface area contributed by atoms with E-state index in [1.807, 2.05) is 24.3 Å². The zero-order chi connectivity index (χ0) is 12.1. The largest absolute Gasteiger partial charge is 0.352 e. The van der Waals surface area contributed by atoms with Crippen LogP contribution in [-0.2, 0) is 0 Å². The topological polar surface area (TPSA) is 29.1 Å². The first-order chi connectivity index (χ1) is 8.27. The van der Waals surface area contributed by atoms with Crippen LogP contribution in [0.15, 0.2) is 40.9 Å². The van der Waals surface area contributed by atoms with E-state index >= 15 is 0 Å². The molecule has 1 aromatic carbocycles. The number of benzene rings is 1. The van der Waals surface area contributed by atoms with Crippen molar-refractivity contribution in [3.8, 4) is 0 Å². The molecule has 0 heterocycles. The Labute approximate surface area is 110 Å². The van der Waals surface area contributed by atoms with Gasteiger partial charge < -0.3 is 5.32 Å². The van der Waals surface area contributed by atoms with Crippen LogP contribution in [0.4, 0.5) is 0 Å². The number of hydrogen-bond donors (Lipinski definition) is 1. The monoisotopic (exact) mass is 293 g/mol. The van der Waals surface area contributed by atoms with Crippen molar-refractivity contribution in [2.75, 3.05) is 6.54 Å². The third kappa shape index (κ3) is 3.43. The molecular weight excluding hydrogens is 278 g/mol. The minimum absolute atomic E-state index is 0.00651. The maximum absolute atomic E-state index is 11.9. The number of rotatable bonds is 3. The summed E-state index contributed by atoms with van der Waals surface area (Å²) >= 11 is 3.39. The van der Waals surface area contributed by atoms with E-state index in [1.54, 1.807) is 0 Å². The van der Waals surface area contributed by atoms with E-state index in [9.17, 15) is 4.79 Å². The number of carbonyl (C=O) groups is 1. The Bertz CT molecular complexity index is 428. The number of carbonyl (C=O) groups excluding carboxylic acids is 1. The van der Waals surface area contributed by atoms with Crippen molar-refractivity contribution < 1.29 is 4.79 Å². The molecule has 0 spiro atoms. The first kappa shape index (κ1) is 12.4. The highest BCUT2D eigenvalue weighted by atomic mass is 79.9. The Hall–Kier alpha value is -1.09. The first-order valence-electron chi connectivity index (χ1n) is 5.95. The van der Waals surface area contributed by atoms with Crippen LogP contribution in [0.25, 0.3) is 0 Å². The molecule has 1 atom stereocenters. The second kappa shape index (κ2) is 6.01. The molecule has 0 radical (unpaired) electrons. The van der Waals surface area contributed by atoms with Crippen molar-refractivity contribution in [1.29, 1.82) is 0 Å². The fourth-order valence-corrected chi connectivity index (χ4v) is 2.48. The van der Waals surface area contributed by atoms with Gasteiger partial charge in [0, 0.05) is 11.0 Å². The fraction of sp³-hybridized carbons (Fsp3) is 0.357. The predicted octanol–water partition coefficient (Wildman–Crippen LogP) is 3.54. The van der Waals surface area contributed by atoms with Crippen molar-refractivity contribution in [1.82, 2.24) is 5.32 Å². The zero-order valence-electron chi connectivity index (χ0n) is 9.66. The van der Waals surface area contributed by atoms with Crippen LogP contribution >= 0.6 is 15.9 Å². The standard InChI is InChI=1S/C14H16BrNO/c15-13-9-5-4-8-12(13)14(17)16-10-11-6-2-1-3-7-11/h1-2,4-5,8-9,11H,3,6-7,10H2,(H,16,17). The quantitative estimate of drug-likeness (QED) is 0.849. The average Bonchev–Trinajstić information content (AvgIpc) is 2.38. The van der Waals surface area contributed by atoms with Gasteiger partial charge in [0.2, 0.25) is 0 Å². The summed E-state index contributed by atoms with van der Waals surface area (Å²) in [6, 6.07) is 7.51. The van der Waals surface area contributed by atoms with Crippen LogP contribution in [0.3, 0.4) is 0 Å². The number of halogens is 1. The maximum atomic E-state index is 11.9. The second-order valence-corrected chi connectivity index (χ2v) is 5.19. The van der Waals surface area contributed by atoms with Gasteiger partial charge in [0.15, 0.2) is 0 Å². The molecule has 0 saturated carbocycles. The van der Waals surface area contributed by atoms with Gasteiger partial charge in [-0.05, 0) is 53.2 Å². The van der Waals surface area contributed by atoms with Crippen LogP contribution in [0.1, 0.15) is 29.6 Å². The molecule has 2 rings (SSSR count). The Morgan fingerprint density at radius 3 is 2.88 bits per heavy atom. The molecule has 0 saturated heterocycles. The minimum Gasteiger partial charge on any atom is -0.352 e. The molecule has 1 unspecified atom stereocenters. The average molecular weight is 294 g/mol. The van der Waals surface area contributed by atoms with Gasteiger partial charge in [-0.3, -0.25) is 4.79 Å². The highest BCUT2D eigenvalue weighted by molar-refractivity contribution is 9.10. The lowest BCUT2D eigenvalue weighted by molar-refractivity contribution is 0.0945. The van der Waals surface area contributed by atoms with Gasteiger partial charge >= 0.3 is 0 Å². The smallest absolute Gasteiger partial charge is 0.252 e. The molecular formula is C14H16BrNO. The van der Waals surface area contributed by atoms with E-state index in [1.165, 1.54) is 6.42 Å². The summed E-state index contributed by atoms with van der Waals surface area (Å²) in [5.41, 5.74) is 0.707. The number of allylic oxidation sites excluding steroid dienone is 2. The van der Waals surface area contributed by atoms with E-state index < -0.39 is 0 Å². The van der Waals surface area contributed by atoms with Gasteiger partial charge in [0.25, 0.3) is 5.91 Å². The Balaban J connectivity index is 1.89. The van der Waals surface area contributed by atoms with Crippen molar-refractivity contribution in [3.05, 3.63) is 46.5 Å². The maximum Gasteiger partial charge on any atom is 0.252 e. The van der Waals surface area contributed by atoms with Gasteiger partial charge in [0.05, 0.1) is 5.56 Å². The van der Waals surface area contributed by atoms with Crippen molar-refractivity contribution in [2.45, 2.75) is 19.3 Å². The molecule has 1 aliphatic carbocycles. The first-order valence-corrected chi connectivity index (χ1v) is 6.74. The van der Waals surface area contributed by atoms with Crippen LogP contribution < -0.4 is 5.32 Å². The molecule has 1 aliphatic rings. The highest BCUT2D eigenvalue weighted by Crippen LogP contribution is 2.18. The summed E-state index contributed by atoms with van der Waals surface area (Å²) in [5, 5.41) is 3.01. The molecule has 0 aliphatic heterocycles. The lowest BCUT2D eigenvalue weighted by Crippen LogP contribution is -2.29. The molecule has 2 nitrogen and oxygen atoms in total. The lowest BCUT2D eigenvalue weighted by atomic mass is 9.94. The van der Waals surface area contributed by atoms with E-state index in [0.29, 0.717) is 11.5 Å². The molecule has 0 fully saturated rings. The molecule has 3 heteroatoms. The zero-order valence-corrected chi connectivity index (χ0v) is 11.2. The number of amides is 1. The van der Waals surface area contributed by atoms with E-state index in [0.717, 1.165) is 23.9 Å². The summed E-state index contributed by atoms with van der Waals surface area (Å²) in [6.07, 6.45) is 7.81. The third-order valence-electron chi connectivity index (χ3n) is 3.05. The summed E-state index contributed by atoms with van der Waals surface area (Å²) in [4.78, 5) is 11.9.